The van der Waals surface area contributed by atoms with E-state index in [0.29, 0.717) is 5.82 Å². The molecular weight excluding hydrogens is 284 g/mol. The first kappa shape index (κ1) is 16.3. The Balaban J connectivity index is 2.77. The lowest BCUT2D eigenvalue weighted by atomic mass is 10.2. The number of aromatic nitrogens is 2. The molecule has 4 N–H and O–H groups in total. The highest BCUT2D eigenvalue weighted by molar-refractivity contribution is 7.89. The van der Waals surface area contributed by atoms with E-state index in [1.165, 1.54) is 6.20 Å². The third-order valence-corrected chi connectivity index (χ3v) is 3.31. The molecule has 1 heterocycles. The van der Waals surface area contributed by atoms with Crippen molar-refractivity contribution in [1.82, 2.24) is 9.97 Å². The van der Waals surface area contributed by atoms with Gasteiger partial charge in [-0.1, -0.05) is 13.8 Å². The zero-order valence-corrected chi connectivity index (χ0v) is 12.1. The van der Waals surface area contributed by atoms with E-state index < -0.39 is 16.0 Å². The van der Waals surface area contributed by atoms with Gasteiger partial charge in [-0.25, -0.2) is 28.3 Å². The van der Waals surface area contributed by atoms with Crippen molar-refractivity contribution in [3.63, 3.8) is 0 Å². The first-order chi connectivity index (χ1) is 9.20. The minimum absolute atomic E-state index is 0.0181. The minimum Gasteiger partial charge on any atom is -0.476 e. The van der Waals surface area contributed by atoms with E-state index in [-0.39, 0.29) is 36.0 Å². The van der Waals surface area contributed by atoms with E-state index in [2.05, 4.69) is 15.3 Å². The highest BCUT2D eigenvalue weighted by atomic mass is 32.2. The molecule has 0 atom stereocenters. The van der Waals surface area contributed by atoms with Gasteiger partial charge in [-0.15, -0.1) is 0 Å². The Morgan fingerprint density at radius 3 is 2.65 bits per heavy atom. The van der Waals surface area contributed by atoms with E-state index in [9.17, 15) is 13.2 Å². The number of nitrogens with two attached hydrogens (primary N) is 1. The smallest absolute Gasteiger partial charge is 0.356 e. The van der Waals surface area contributed by atoms with Gasteiger partial charge in [-0.2, -0.15) is 0 Å². The van der Waals surface area contributed by atoms with Crippen LogP contribution >= 0.6 is 0 Å². The van der Waals surface area contributed by atoms with Crippen LogP contribution in [0.3, 0.4) is 0 Å². The number of carboxylic acid groups (broad SMARTS) is 1. The first-order valence-corrected chi connectivity index (χ1v) is 7.77. The second-order valence-electron chi connectivity index (χ2n) is 4.60. The lowest BCUT2D eigenvalue weighted by molar-refractivity contribution is 0.0691. The lowest BCUT2D eigenvalue weighted by Gasteiger charge is -2.10. The van der Waals surface area contributed by atoms with Crippen molar-refractivity contribution in [3.05, 3.63) is 17.7 Å². The summed E-state index contributed by atoms with van der Waals surface area (Å²) in [6.45, 7) is 3.99. The Morgan fingerprint density at radius 1 is 1.50 bits per heavy atom. The zero-order chi connectivity index (χ0) is 15.3. The highest BCUT2D eigenvalue weighted by Gasteiger charge is 2.15. The van der Waals surface area contributed by atoms with Gasteiger partial charge < -0.3 is 10.4 Å². The summed E-state index contributed by atoms with van der Waals surface area (Å²) in [7, 11) is -3.51. The topological polar surface area (TPSA) is 135 Å². The summed E-state index contributed by atoms with van der Waals surface area (Å²) >= 11 is 0. The molecule has 0 unspecified atom stereocenters. The van der Waals surface area contributed by atoms with Crippen LogP contribution in [0.4, 0.5) is 5.69 Å². The van der Waals surface area contributed by atoms with Gasteiger partial charge in [0.15, 0.2) is 5.69 Å². The number of sulfonamides is 1. The van der Waals surface area contributed by atoms with Crippen LogP contribution in [0.2, 0.25) is 0 Å². The van der Waals surface area contributed by atoms with Crippen molar-refractivity contribution in [2.45, 2.75) is 26.2 Å². The molecule has 0 aromatic carbocycles. The number of carboxylic acids is 1. The van der Waals surface area contributed by atoms with Crippen LogP contribution in [-0.4, -0.2) is 41.8 Å². The molecule has 8 nitrogen and oxygen atoms in total. The summed E-state index contributed by atoms with van der Waals surface area (Å²) in [5.74, 6) is -0.877. The van der Waals surface area contributed by atoms with Crippen molar-refractivity contribution < 1.29 is 18.3 Å². The van der Waals surface area contributed by atoms with Gasteiger partial charge in [-0.05, 0) is 6.42 Å². The monoisotopic (exact) mass is 302 g/mol. The second-order valence-corrected chi connectivity index (χ2v) is 6.33. The number of primary sulfonamides is 1. The van der Waals surface area contributed by atoms with Crippen molar-refractivity contribution >= 4 is 21.7 Å². The molecule has 0 bridgehead atoms. The quantitative estimate of drug-likeness (QED) is 0.620. The molecule has 0 spiro atoms. The van der Waals surface area contributed by atoms with E-state index in [4.69, 9.17) is 10.2 Å². The van der Waals surface area contributed by atoms with Crippen LogP contribution in [-0.2, 0) is 10.0 Å². The molecule has 0 aliphatic heterocycles. The molecule has 0 saturated carbocycles. The summed E-state index contributed by atoms with van der Waals surface area (Å²) in [6, 6.07) is 0. The molecule has 0 aliphatic carbocycles. The molecule has 1 aromatic rings. The maximum absolute atomic E-state index is 11.1. The highest BCUT2D eigenvalue weighted by Crippen LogP contribution is 2.16. The number of aromatic carboxylic acids is 1. The molecule has 9 heteroatoms. The van der Waals surface area contributed by atoms with E-state index in [0.717, 1.165) is 0 Å². The standard InChI is InChI=1S/C11H18N4O4S/c1-7(2)10-14-6-8(9(15-10)11(16)17)13-4-3-5-20(12,18)19/h6-7,13H,3-5H2,1-2H3,(H,16,17)(H2,12,18,19). The first-order valence-electron chi connectivity index (χ1n) is 6.05. The fourth-order valence-electron chi connectivity index (χ4n) is 1.46. The van der Waals surface area contributed by atoms with Gasteiger partial charge in [0.2, 0.25) is 10.0 Å². The van der Waals surface area contributed by atoms with E-state index >= 15 is 0 Å². The normalized spacial score (nSPS) is 11.6. The van der Waals surface area contributed by atoms with Crippen LogP contribution in [0.15, 0.2) is 6.20 Å². The molecule has 0 saturated heterocycles. The molecule has 112 valence electrons. The Bertz CT molecular complexity index is 586. The molecule has 1 rings (SSSR count). The summed E-state index contributed by atoms with van der Waals surface area (Å²) < 4.78 is 21.5. The summed E-state index contributed by atoms with van der Waals surface area (Å²) in [6.07, 6.45) is 1.66. The van der Waals surface area contributed by atoms with Crippen LogP contribution < -0.4 is 10.5 Å². The summed E-state index contributed by atoms with van der Waals surface area (Å²) in [4.78, 5) is 19.2. The largest absolute Gasteiger partial charge is 0.476 e. The minimum atomic E-state index is -3.51. The van der Waals surface area contributed by atoms with Crippen LogP contribution in [0.1, 0.15) is 42.5 Å². The molecule has 1 aromatic heterocycles. The van der Waals surface area contributed by atoms with Crippen molar-refractivity contribution in [3.8, 4) is 0 Å². The molecule has 0 aliphatic rings. The van der Waals surface area contributed by atoms with Gasteiger partial charge >= 0.3 is 5.97 Å². The van der Waals surface area contributed by atoms with Crippen LogP contribution in [0, 0.1) is 0 Å². The van der Waals surface area contributed by atoms with Gasteiger partial charge in [0, 0.05) is 12.5 Å². The molecule has 0 amide bonds. The maximum atomic E-state index is 11.1. The zero-order valence-electron chi connectivity index (χ0n) is 11.3. The van der Waals surface area contributed by atoms with Gasteiger partial charge in [0.1, 0.15) is 5.82 Å². The van der Waals surface area contributed by atoms with E-state index in [1.54, 1.807) is 0 Å². The number of carbonyl (C=O) groups is 1. The number of anilines is 1. The van der Waals surface area contributed by atoms with Gasteiger partial charge in [0.05, 0.1) is 17.6 Å². The van der Waals surface area contributed by atoms with Crippen LogP contribution in [0.5, 0.6) is 0 Å². The number of hydrogen-bond donors (Lipinski definition) is 3. The van der Waals surface area contributed by atoms with Crippen LogP contribution in [0.25, 0.3) is 0 Å². The third kappa shape index (κ3) is 5.10. The molecular formula is C11H18N4O4S. The molecule has 0 fully saturated rings. The third-order valence-electron chi connectivity index (χ3n) is 2.45. The number of rotatable bonds is 7. The lowest BCUT2D eigenvalue weighted by Crippen LogP contribution is -2.19. The second kappa shape index (κ2) is 6.62. The fourth-order valence-corrected chi connectivity index (χ4v) is 2.01. The average molecular weight is 302 g/mol. The Morgan fingerprint density at radius 2 is 2.15 bits per heavy atom. The van der Waals surface area contributed by atoms with Gasteiger partial charge in [-0.3, -0.25) is 0 Å². The predicted octanol–water partition coefficient (Wildman–Crippen LogP) is 0.389. The SMILES string of the molecule is CC(C)c1ncc(NCCCS(N)(=O)=O)c(C(=O)O)n1. The fraction of sp³-hybridized carbons (Fsp3) is 0.545. The van der Waals surface area contributed by atoms with E-state index in [1.807, 2.05) is 13.8 Å². The predicted molar refractivity (Wildman–Crippen MR) is 74.2 cm³/mol. The van der Waals surface area contributed by atoms with Gasteiger partial charge in [0.25, 0.3) is 0 Å². The summed E-state index contributed by atoms with van der Waals surface area (Å²) in [5, 5.41) is 16.8. The molecule has 0 radical (unpaired) electrons. The number of nitrogens with zero attached hydrogens (tertiary/aromatic N) is 2. The number of nitrogens with one attached hydrogen (secondary N) is 1. The average Bonchev–Trinajstić information content (AvgIpc) is 2.33. The number of hydrogen-bond acceptors (Lipinski definition) is 6. The maximum Gasteiger partial charge on any atom is 0.356 e. The Kier molecular flexibility index (Phi) is 5.40. The Hall–Kier alpha value is -1.74. The van der Waals surface area contributed by atoms with Crippen molar-refractivity contribution in [2.75, 3.05) is 17.6 Å². The van der Waals surface area contributed by atoms with Crippen molar-refractivity contribution in [1.29, 1.82) is 0 Å². The Labute approximate surface area is 117 Å². The van der Waals surface area contributed by atoms with Crippen molar-refractivity contribution in [2.24, 2.45) is 5.14 Å². The molecule has 20 heavy (non-hydrogen) atoms. The summed E-state index contributed by atoms with van der Waals surface area (Å²) in [5.41, 5.74) is 0.135.